The predicted octanol–water partition coefficient (Wildman–Crippen LogP) is 0.475. The number of guanidine groups is 1. The van der Waals surface area contributed by atoms with E-state index in [2.05, 4.69) is 27.5 Å². The highest BCUT2D eigenvalue weighted by Gasteiger charge is 1.96. The molecule has 0 bridgehead atoms. The number of nitrogens with zero attached hydrogens (tertiary/aromatic N) is 3. The summed E-state index contributed by atoms with van der Waals surface area (Å²) in [5.74, 6) is 0.855. The van der Waals surface area contributed by atoms with Crippen LogP contribution in [0.1, 0.15) is 13.3 Å². The Hall–Kier alpha value is -1.56. The molecule has 102 valence electrons. The van der Waals surface area contributed by atoms with E-state index in [0.717, 1.165) is 45.2 Å². The summed E-state index contributed by atoms with van der Waals surface area (Å²) < 4.78 is 7.02. The molecule has 0 aliphatic carbocycles. The summed E-state index contributed by atoms with van der Waals surface area (Å²) in [5.41, 5.74) is 0. The highest BCUT2D eigenvalue weighted by Crippen LogP contribution is 1.85. The summed E-state index contributed by atoms with van der Waals surface area (Å²) in [5, 5.41) is 6.50. The van der Waals surface area contributed by atoms with Crippen LogP contribution in [0.4, 0.5) is 0 Å². The van der Waals surface area contributed by atoms with Crippen molar-refractivity contribution in [3.63, 3.8) is 0 Å². The van der Waals surface area contributed by atoms with Crippen LogP contribution in [0.25, 0.3) is 0 Å². The Balaban J connectivity index is 2.23. The molecular formula is C12H23N5O. The van der Waals surface area contributed by atoms with Crippen molar-refractivity contribution in [2.45, 2.75) is 19.9 Å². The lowest BCUT2D eigenvalue weighted by atomic mass is 10.4. The van der Waals surface area contributed by atoms with Gasteiger partial charge in [0.15, 0.2) is 5.96 Å². The highest BCUT2D eigenvalue weighted by atomic mass is 16.5. The van der Waals surface area contributed by atoms with E-state index in [-0.39, 0.29) is 0 Å². The molecule has 0 saturated carbocycles. The Morgan fingerprint density at radius 2 is 2.33 bits per heavy atom. The van der Waals surface area contributed by atoms with Gasteiger partial charge in [-0.15, -0.1) is 0 Å². The average Bonchev–Trinajstić information content (AvgIpc) is 2.87. The minimum Gasteiger partial charge on any atom is -0.385 e. The molecule has 2 N–H and O–H groups in total. The van der Waals surface area contributed by atoms with Crippen molar-refractivity contribution in [3.8, 4) is 0 Å². The highest BCUT2D eigenvalue weighted by molar-refractivity contribution is 5.79. The second kappa shape index (κ2) is 9.47. The molecule has 1 rings (SSSR count). The van der Waals surface area contributed by atoms with Crippen molar-refractivity contribution >= 4 is 5.96 Å². The van der Waals surface area contributed by atoms with Crippen molar-refractivity contribution in [3.05, 3.63) is 18.7 Å². The zero-order chi connectivity index (χ0) is 13.1. The predicted molar refractivity (Wildman–Crippen MR) is 72.7 cm³/mol. The van der Waals surface area contributed by atoms with Crippen LogP contribution in [-0.4, -0.2) is 48.9 Å². The minimum absolute atomic E-state index is 0.748. The molecule has 18 heavy (non-hydrogen) atoms. The first-order chi connectivity index (χ1) is 8.86. The molecule has 6 heteroatoms. The maximum atomic E-state index is 4.99. The monoisotopic (exact) mass is 253 g/mol. The van der Waals surface area contributed by atoms with E-state index in [1.807, 2.05) is 17.1 Å². The van der Waals surface area contributed by atoms with Crippen molar-refractivity contribution in [1.82, 2.24) is 20.2 Å². The second-order valence-electron chi connectivity index (χ2n) is 3.83. The summed E-state index contributed by atoms with van der Waals surface area (Å²) in [6, 6.07) is 0. The molecule has 0 aromatic carbocycles. The maximum Gasteiger partial charge on any atom is 0.191 e. The number of ether oxygens (including phenoxy) is 1. The quantitative estimate of drug-likeness (QED) is 0.402. The first-order valence-corrected chi connectivity index (χ1v) is 6.33. The van der Waals surface area contributed by atoms with Crippen molar-refractivity contribution in [2.24, 2.45) is 4.99 Å². The van der Waals surface area contributed by atoms with Crippen LogP contribution in [-0.2, 0) is 11.3 Å². The normalized spacial score (nSPS) is 11.6. The van der Waals surface area contributed by atoms with Crippen LogP contribution >= 0.6 is 0 Å². The van der Waals surface area contributed by atoms with Gasteiger partial charge in [-0.1, -0.05) is 0 Å². The summed E-state index contributed by atoms with van der Waals surface area (Å²) in [4.78, 5) is 8.46. The molecule has 0 atom stereocenters. The van der Waals surface area contributed by atoms with Crippen LogP contribution in [0.15, 0.2) is 23.7 Å². The molecule has 0 unspecified atom stereocenters. The van der Waals surface area contributed by atoms with E-state index in [4.69, 9.17) is 4.74 Å². The molecule has 0 saturated heterocycles. The van der Waals surface area contributed by atoms with Crippen LogP contribution in [0, 0.1) is 0 Å². The number of rotatable bonds is 8. The molecular weight excluding hydrogens is 230 g/mol. The van der Waals surface area contributed by atoms with Gasteiger partial charge in [-0.2, -0.15) is 0 Å². The Morgan fingerprint density at radius 3 is 3.00 bits per heavy atom. The van der Waals surface area contributed by atoms with Gasteiger partial charge in [0.2, 0.25) is 0 Å². The number of nitrogens with one attached hydrogen (secondary N) is 2. The fraction of sp³-hybridized carbons (Fsp3) is 0.667. The topological polar surface area (TPSA) is 63.5 Å². The van der Waals surface area contributed by atoms with Gasteiger partial charge in [0, 0.05) is 52.3 Å². The van der Waals surface area contributed by atoms with Gasteiger partial charge >= 0.3 is 0 Å². The second-order valence-corrected chi connectivity index (χ2v) is 3.83. The lowest BCUT2D eigenvalue weighted by molar-refractivity contribution is 0.197. The minimum atomic E-state index is 0.748. The summed E-state index contributed by atoms with van der Waals surface area (Å²) >= 11 is 0. The number of hydrogen-bond donors (Lipinski definition) is 2. The Kier molecular flexibility index (Phi) is 7.63. The number of aliphatic imine (C=N–C) groups is 1. The molecule has 0 fully saturated rings. The summed E-state index contributed by atoms with van der Waals surface area (Å²) in [6.45, 7) is 6.14. The van der Waals surface area contributed by atoms with E-state index in [1.165, 1.54) is 0 Å². The Labute approximate surface area is 108 Å². The van der Waals surface area contributed by atoms with E-state index in [0.29, 0.717) is 0 Å². The van der Waals surface area contributed by atoms with Gasteiger partial charge in [0.05, 0.1) is 6.33 Å². The van der Waals surface area contributed by atoms with Crippen LogP contribution in [0.5, 0.6) is 0 Å². The molecule has 0 radical (unpaired) electrons. The van der Waals surface area contributed by atoms with Crippen LogP contribution < -0.4 is 10.6 Å². The van der Waals surface area contributed by atoms with Crippen LogP contribution in [0.2, 0.25) is 0 Å². The average molecular weight is 253 g/mol. The summed E-state index contributed by atoms with van der Waals surface area (Å²) in [7, 11) is 1.71. The van der Waals surface area contributed by atoms with Gasteiger partial charge in [0.1, 0.15) is 0 Å². The van der Waals surface area contributed by atoms with E-state index >= 15 is 0 Å². The molecule has 1 aromatic rings. The van der Waals surface area contributed by atoms with E-state index < -0.39 is 0 Å². The standard InChI is InChI=1S/C12H23N5O/c1-3-14-12(15-5-4-10-18-2)16-7-9-17-8-6-13-11-17/h6,8,11H,3-5,7,9-10H2,1-2H3,(H2,14,15,16). The first kappa shape index (κ1) is 14.5. The fourth-order valence-corrected chi connectivity index (χ4v) is 1.46. The number of imidazole rings is 1. The fourth-order valence-electron chi connectivity index (χ4n) is 1.46. The third-order valence-corrected chi connectivity index (χ3v) is 2.34. The third kappa shape index (κ3) is 6.24. The molecule has 1 aromatic heterocycles. The molecule has 0 aliphatic rings. The molecule has 0 spiro atoms. The zero-order valence-corrected chi connectivity index (χ0v) is 11.2. The van der Waals surface area contributed by atoms with Crippen molar-refractivity contribution in [1.29, 1.82) is 0 Å². The van der Waals surface area contributed by atoms with E-state index in [1.54, 1.807) is 13.3 Å². The Morgan fingerprint density at radius 1 is 1.44 bits per heavy atom. The van der Waals surface area contributed by atoms with Gasteiger partial charge in [0.25, 0.3) is 0 Å². The summed E-state index contributed by atoms with van der Waals surface area (Å²) in [6.07, 6.45) is 6.48. The lowest BCUT2D eigenvalue weighted by Gasteiger charge is -2.11. The van der Waals surface area contributed by atoms with Gasteiger partial charge in [-0.25, -0.2) is 4.98 Å². The van der Waals surface area contributed by atoms with Gasteiger partial charge < -0.3 is 19.9 Å². The number of aromatic nitrogens is 2. The van der Waals surface area contributed by atoms with Gasteiger partial charge in [-0.05, 0) is 13.3 Å². The zero-order valence-electron chi connectivity index (χ0n) is 11.2. The SMILES string of the molecule is CCNC(=NCCCOC)NCCn1ccnc1. The van der Waals surface area contributed by atoms with Crippen molar-refractivity contribution in [2.75, 3.05) is 33.4 Å². The van der Waals surface area contributed by atoms with Crippen molar-refractivity contribution < 1.29 is 4.74 Å². The molecule has 0 amide bonds. The Bertz CT molecular complexity index is 323. The smallest absolute Gasteiger partial charge is 0.191 e. The number of methoxy groups -OCH3 is 1. The first-order valence-electron chi connectivity index (χ1n) is 6.33. The van der Waals surface area contributed by atoms with Gasteiger partial charge in [-0.3, -0.25) is 4.99 Å². The lowest BCUT2D eigenvalue weighted by Crippen LogP contribution is -2.38. The third-order valence-electron chi connectivity index (χ3n) is 2.34. The molecule has 1 heterocycles. The molecule has 6 nitrogen and oxygen atoms in total. The van der Waals surface area contributed by atoms with Crippen LogP contribution in [0.3, 0.4) is 0 Å². The largest absolute Gasteiger partial charge is 0.385 e. The molecule has 0 aliphatic heterocycles. The van der Waals surface area contributed by atoms with E-state index in [9.17, 15) is 0 Å². The number of hydrogen-bond acceptors (Lipinski definition) is 3. The maximum absolute atomic E-state index is 4.99.